The van der Waals surface area contributed by atoms with E-state index in [1.54, 1.807) is 0 Å². The van der Waals surface area contributed by atoms with Crippen molar-refractivity contribution in [3.8, 4) is 11.5 Å². The van der Waals surface area contributed by atoms with Crippen LogP contribution in [0.4, 0.5) is 0 Å². The molecule has 3 nitrogen and oxygen atoms in total. The van der Waals surface area contributed by atoms with Gasteiger partial charge in [0.05, 0.1) is 13.2 Å². The zero-order valence-electron chi connectivity index (χ0n) is 13.9. The van der Waals surface area contributed by atoms with E-state index >= 15 is 0 Å². The van der Waals surface area contributed by atoms with Crippen molar-refractivity contribution in [1.82, 2.24) is 0 Å². The third kappa shape index (κ3) is 3.70. The summed E-state index contributed by atoms with van der Waals surface area (Å²) < 4.78 is 11.4. The van der Waals surface area contributed by atoms with Gasteiger partial charge < -0.3 is 15.2 Å². The van der Waals surface area contributed by atoms with Gasteiger partial charge >= 0.3 is 0 Å². The predicted molar refractivity (Wildman–Crippen MR) is 86.9 cm³/mol. The van der Waals surface area contributed by atoms with E-state index < -0.39 is 0 Å². The minimum absolute atomic E-state index is 0.252. The molecule has 0 aromatic heterocycles. The number of hydrogen-bond acceptors (Lipinski definition) is 3. The summed E-state index contributed by atoms with van der Waals surface area (Å²) in [5, 5.41) is 0. The summed E-state index contributed by atoms with van der Waals surface area (Å²) >= 11 is 0. The Hall–Kier alpha value is -1.22. The van der Waals surface area contributed by atoms with Gasteiger partial charge in [-0.1, -0.05) is 26.3 Å². The molecule has 1 saturated carbocycles. The van der Waals surface area contributed by atoms with E-state index in [2.05, 4.69) is 26.0 Å². The van der Waals surface area contributed by atoms with Crippen molar-refractivity contribution in [1.29, 1.82) is 0 Å². The Morgan fingerprint density at radius 2 is 1.71 bits per heavy atom. The van der Waals surface area contributed by atoms with Crippen LogP contribution in [-0.4, -0.2) is 13.2 Å². The van der Waals surface area contributed by atoms with Crippen molar-refractivity contribution in [2.24, 2.45) is 11.1 Å². The fourth-order valence-corrected chi connectivity index (χ4v) is 3.52. The van der Waals surface area contributed by atoms with Crippen molar-refractivity contribution in [3.05, 3.63) is 23.8 Å². The molecule has 0 heterocycles. The molecule has 0 amide bonds. The zero-order valence-corrected chi connectivity index (χ0v) is 13.9. The van der Waals surface area contributed by atoms with Crippen molar-refractivity contribution >= 4 is 0 Å². The molecule has 0 radical (unpaired) electrons. The lowest BCUT2D eigenvalue weighted by Crippen LogP contribution is -2.44. The summed E-state index contributed by atoms with van der Waals surface area (Å²) in [5.74, 6) is 1.62. The van der Waals surface area contributed by atoms with Crippen LogP contribution >= 0.6 is 0 Å². The molecule has 3 heteroatoms. The van der Waals surface area contributed by atoms with Crippen LogP contribution in [0, 0.1) is 5.41 Å². The van der Waals surface area contributed by atoms with Gasteiger partial charge in [-0.25, -0.2) is 0 Å². The second-order valence-corrected chi connectivity index (χ2v) is 6.88. The van der Waals surface area contributed by atoms with Crippen LogP contribution in [0.5, 0.6) is 11.5 Å². The smallest absolute Gasteiger partial charge is 0.161 e. The summed E-state index contributed by atoms with van der Waals surface area (Å²) in [4.78, 5) is 0. The molecule has 1 aliphatic rings. The first-order chi connectivity index (χ1) is 9.90. The summed E-state index contributed by atoms with van der Waals surface area (Å²) in [7, 11) is 0. The van der Waals surface area contributed by atoms with Crippen LogP contribution in [0.2, 0.25) is 0 Å². The molecule has 21 heavy (non-hydrogen) atoms. The van der Waals surface area contributed by atoms with E-state index in [1.807, 2.05) is 19.9 Å². The molecule has 0 aliphatic heterocycles. The highest BCUT2D eigenvalue weighted by Gasteiger charge is 2.38. The molecule has 0 spiro atoms. The molecule has 118 valence electrons. The van der Waals surface area contributed by atoms with Gasteiger partial charge in [0.15, 0.2) is 11.5 Å². The van der Waals surface area contributed by atoms with Crippen LogP contribution in [0.25, 0.3) is 0 Å². The fraction of sp³-hybridized carbons (Fsp3) is 0.667. The van der Waals surface area contributed by atoms with Gasteiger partial charge in [-0.2, -0.15) is 0 Å². The molecule has 2 N–H and O–H groups in total. The Morgan fingerprint density at radius 1 is 1.05 bits per heavy atom. The molecular weight excluding hydrogens is 262 g/mol. The molecule has 1 fully saturated rings. The van der Waals surface area contributed by atoms with Crippen LogP contribution in [0.15, 0.2) is 18.2 Å². The quantitative estimate of drug-likeness (QED) is 0.882. The van der Waals surface area contributed by atoms with E-state index in [1.165, 1.54) is 18.4 Å². The Morgan fingerprint density at radius 3 is 2.33 bits per heavy atom. The minimum Gasteiger partial charge on any atom is -0.490 e. The average Bonchev–Trinajstić information content (AvgIpc) is 2.39. The maximum absolute atomic E-state index is 6.75. The van der Waals surface area contributed by atoms with Gasteiger partial charge in [0, 0.05) is 5.54 Å². The van der Waals surface area contributed by atoms with Crippen LogP contribution < -0.4 is 15.2 Å². The highest BCUT2D eigenvalue weighted by molar-refractivity contribution is 5.45. The lowest BCUT2D eigenvalue weighted by molar-refractivity contribution is 0.151. The predicted octanol–water partition coefficient (Wildman–Crippen LogP) is 4.24. The fourth-order valence-electron chi connectivity index (χ4n) is 3.52. The van der Waals surface area contributed by atoms with Crippen molar-refractivity contribution < 1.29 is 9.47 Å². The Bertz CT molecular complexity index is 484. The number of nitrogens with two attached hydrogens (primary N) is 1. The first-order valence-electron chi connectivity index (χ1n) is 8.09. The molecule has 2 rings (SSSR count). The van der Waals surface area contributed by atoms with E-state index in [4.69, 9.17) is 15.2 Å². The van der Waals surface area contributed by atoms with Gasteiger partial charge in [0.1, 0.15) is 0 Å². The second-order valence-electron chi connectivity index (χ2n) is 6.88. The van der Waals surface area contributed by atoms with E-state index in [-0.39, 0.29) is 5.54 Å². The van der Waals surface area contributed by atoms with Crippen molar-refractivity contribution in [2.75, 3.05) is 13.2 Å². The monoisotopic (exact) mass is 291 g/mol. The number of hydrogen-bond donors (Lipinski definition) is 1. The molecule has 1 aromatic carbocycles. The Balaban J connectivity index is 2.32. The first-order valence-corrected chi connectivity index (χ1v) is 8.09. The molecule has 1 unspecified atom stereocenters. The van der Waals surface area contributed by atoms with Crippen LogP contribution in [0.1, 0.15) is 58.9 Å². The standard InChI is InChI=1S/C18H29NO2/c1-5-20-15-9-8-14(12-16(15)21-6-2)18(19)11-7-10-17(3,4)13-18/h8-9,12H,5-7,10-11,13,19H2,1-4H3. The molecule has 0 saturated heterocycles. The third-order valence-electron chi connectivity index (χ3n) is 4.39. The van der Waals surface area contributed by atoms with Gasteiger partial charge in [0.25, 0.3) is 0 Å². The molecular formula is C18H29NO2. The summed E-state index contributed by atoms with van der Waals surface area (Å²) in [5.41, 5.74) is 7.97. The highest BCUT2D eigenvalue weighted by Crippen LogP contribution is 2.46. The third-order valence-corrected chi connectivity index (χ3v) is 4.39. The molecule has 0 bridgehead atoms. The lowest BCUT2D eigenvalue weighted by Gasteiger charge is -2.43. The van der Waals surface area contributed by atoms with Gasteiger partial charge in [-0.3, -0.25) is 0 Å². The van der Waals surface area contributed by atoms with Crippen molar-refractivity contribution in [3.63, 3.8) is 0 Å². The zero-order chi connectivity index (χ0) is 15.5. The largest absolute Gasteiger partial charge is 0.490 e. The molecule has 1 atom stereocenters. The maximum atomic E-state index is 6.75. The van der Waals surface area contributed by atoms with E-state index in [9.17, 15) is 0 Å². The lowest BCUT2D eigenvalue weighted by atomic mass is 9.66. The number of rotatable bonds is 5. The van der Waals surface area contributed by atoms with Gasteiger partial charge in [-0.15, -0.1) is 0 Å². The highest BCUT2D eigenvalue weighted by atomic mass is 16.5. The van der Waals surface area contributed by atoms with Crippen LogP contribution in [0.3, 0.4) is 0 Å². The average molecular weight is 291 g/mol. The SMILES string of the molecule is CCOc1ccc(C2(N)CCCC(C)(C)C2)cc1OCC. The Labute approximate surface area is 128 Å². The number of ether oxygens (including phenoxy) is 2. The first kappa shape index (κ1) is 16.2. The van der Waals surface area contributed by atoms with E-state index in [0.717, 1.165) is 24.3 Å². The van der Waals surface area contributed by atoms with Crippen molar-refractivity contribution in [2.45, 2.75) is 58.9 Å². The normalized spacial score (nSPS) is 24.6. The maximum Gasteiger partial charge on any atom is 0.161 e. The topological polar surface area (TPSA) is 44.5 Å². The number of benzene rings is 1. The summed E-state index contributed by atoms with van der Waals surface area (Å²) in [6.45, 7) is 9.87. The van der Waals surface area contributed by atoms with E-state index in [0.29, 0.717) is 18.6 Å². The van der Waals surface area contributed by atoms with Crippen LogP contribution in [-0.2, 0) is 5.54 Å². The Kier molecular flexibility index (Phi) is 4.82. The second kappa shape index (κ2) is 6.27. The molecule has 1 aliphatic carbocycles. The van der Waals surface area contributed by atoms with Gasteiger partial charge in [-0.05, 0) is 56.2 Å². The minimum atomic E-state index is -0.252. The summed E-state index contributed by atoms with van der Waals surface area (Å²) in [6.07, 6.45) is 4.48. The van der Waals surface area contributed by atoms with Gasteiger partial charge in [0.2, 0.25) is 0 Å². The molecule has 1 aromatic rings. The summed E-state index contributed by atoms with van der Waals surface area (Å²) in [6, 6.07) is 6.19.